The van der Waals surface area contributed by atoms with E-state index in [-0.39, 0.29) is 12.3 Å². The summed E-state index contributed by atoms with van der Waals surface area (Å²) in [5.74, 6) is -1.32. The summed E-state index contributed by atoms with van der Waals surface area (Å²) in [6.07, 6.45) is 1.26. The molecular weight excluding hydrogens is 294 g/mol. The predicted molar refractivity (Wildman–Crippen MR) is 80.1 cm³/mol. The number of ether oxygens (including phenoxy) is 1. The molecule has 1 amide bonds. The molecule has 1 aliphatic rings. The van der Waals surface area contributed by atoms with Gasteiger partial charge in [0.25, 0.3) is 0 Å². The normalized spacial score (nSPS) is 23.4. The predicted octanol–water partition coefficient (Wildman–Crippen LogP) is 1.57. The van der Waals surface area contributed by atoms with Gasteiger partial charge < -0.3 is 15.2 Å². The van der Waals surface area contributed by atoms with Crippen molar-refractivity contribution in [2.45, 2.75) is 63.3 Å². The topological polar surface area (TPSA) is 92.7 Å². The second-order valence-corrected chi connectivity index (χ2v) is 7.94. The molecule has 1 heterocycles. The number of carbonyl (C=O) groups is 3. The Kier molecular flexibility index (Phi) is 5.67. The van der Waals surface area contributed by atoms with Crippen molar-refractivity contribution in [3.05, 3.63) is 0 Å². The van der Waals surface area contributed by atoms with E-state index >= 15 is 0 Å². The first kappa shape index (κ1) is 17.8. The Morgan fingerprint density at radius 2 is 2.00 bits per heavy atom. The summed E-state index contributed by atoms with van der Waals surface area (Å²) < 4.78 is 4.48. The molecule has 0 aliphatic carbocycles. The van der Waals surface area contributed by atoms with Gasteiger partial charge in [-0.05, 0) is 46.3 Å². The maximum absolute atomic E-state index is 12.2. The zero-order valence-electron chi connectivity index (χ0n) is 12.9. The number of rotatable bonds is 5. The molecule has 6 nitrogen and oxygen atoms in total. The third kappa shape index (κ3) is 5.57. The molecule has 1 rings (SSSR count). The first-order valence-corrected chi connectivity index (χ1v) is 7.92. The number of esters is 1. The Morgan fingerprint density at radius 3 is 2.43 bits per heavy atom. The van der Waals surface area contributed by atoms with E-state index in [2.05, 4.69) is 5.32 Å². The average molecular weight is 317 g/mol. The lowest BCUT2D eigenvalue weighted by atomic mass is 10.0. The van der Waals surface area contributed by atoms with Crippen LogP contribution in [-0.4, -0.2) is 45.1 Å². The van der Waals surface area contributed by atoms with Crippen molar-refractivity contribution in [1.82, 2.24) is 5.32 Å². The minimum absolute atomic E-state index is 0.332. The second-order valence-electron chi connectivity index (χ2n) is 6.34. The van der Waals surface area contributed by atoms with Gasteiger partial charge in [-0.25, -0.2) is 4.79 Å². The third-order valence-electron chi connectivity index (χ3n) is 3.09. The highest BCUT2D eigenvalue weighted by Gasteiger charge is 2.39. The van der Waals surface area contributed by atoms with Gasteiger partial charge in [0.2, 0.25) is 5.91 Å². The summed E-state index contributed by atoms with van der Waals surface area (Å²) in [6.45, 7) is 6.91. The van der Waals surface area contributed by atoms with Gasteiger partial charge in [0.15, 0.2) is 0 Å². The van der Waals surface area contributed by atoms with Gasteiger partial charge in [-0.2, -0.15) is 0 Å². The number of amides is 1. The van der Waals surface area contributed by atoms with E-state index in [1.54, 1.807) is 27.7 Å². The Morgan fingerprint density at radius 1 is 1.38 bits per heavy atom. The second kappa shape index (κ2) is 6.68. The van der Waals surface area contributed by atoms with Crippen molar-refractivity contribution in [3.8, 4) is 0 Å². The fourth-order valence-corrected chi connectivity index (χ4v) is 3.24. The number of carboxylic acids is 1. The molecule has 0 aromatic rings. The lowest BCUT2D eigenvalue weighted by molar-refractivity contribution is -0.158. The van der Waals surface area contributed by atoms with E-state index in [0.29, 0.717) is 6.42 Å². The van der Waals surface area contributed by atoms with Gasteiger partial charge in [-0.3, -0.25) is 9.59 Å². The van der Waals surface area contributed by atoms with Crippen LogP contribution in [0.2, 0.25) is 0 Å². The molecule has 2 N–H and O–H groups in total. The van der Waals surface area contributed by atoms with Crippen LogP contribution < -0.4 is 5.32 Å². The smallest absolute Gasteiger partial charge is 0.326 e. The molecule has 0 aromatic heterocycles. The van der Waals surface area contributed by atoms with Gasteiger partial charge in [0.1, 0.15) is 11.6 Å². The Balaban J connectivity index is 2.64. The molecule has 0 bridgehead atoms. The molecule has 120 valence electrons. The summed E-state index contributed by atoms with van der Waals surface area (Å²) in [7, 11) is 0. The van der Waals surface area contributed by atoms with Crippen LogP contribution in [0.15, 0.2) is 0 Å². The highest BCUT2D eigenvalue weighted by Crippen LogP contribution is 2.37. The highest BCUT2D eigenvalue weighted by molar-refractivity contribution is 8.01. The Labute approximate surface area is 129 Å². The molecular formula is C14H23NO5S. The molecule has 2 atom stereocenters. The number of hydrogen-bond donors (Lipinski definition) is 2. The molecule has 1 aliphatic heterocycles. The van der Waals surface area contributed by atoms with Crippen molar-refractivity contribution < 1.29 is 24.2 Å². The minimum atomic E-state index is -1.26. The average Bonchev–Trinajstić information content (AvgIpc) is 2.73. The zero-order valence-corrected chi connectivity index (χ0v) is 13.7. The van der Waals surface area contributed by atoms with E-state index in [1.807, 2.05) is 0 Å². The first-order chi connectivity index (χ1) is 9.53. The van der Waals surface area contributed by atoms with Gasteiger partial charge in [0.05, 0.1) is 11.2 Å². The number of hydrogen-bond acceptors (Lipinski definition) is 5. The standard InChI is InChI=1S/C14H23NO5S/c1-13(2,3)20-10(16)8-9(11(17)18)15-12(19)14(4)6-5-7-21-14/h9H,5-8H2,1-4H3,(H,15,19)(H,17,18)/t9-,14?/m0/s1. The van der Waals surface area contributed by atoms with Gasteiger partial charge >= 0.3 is 11.9 Å². The largest absolute Gasteiger partial charge is 0.480 e. The lowest BCUT2D eigenvalue weighted by Crippen LogP contribution is -2.49. The van der Waals surface area contributed by atoms with E-state index < -0.39 is 28.3 Å². The number of aliphatic carboxylic acids is 1. The van der Waals surface area contributed by atoms with Crippen LogP contribution in [0, 0.1) is 0 Å². The van der Waals surface area contributed by atoms with Crippen molar-refractivity contribution >= 4 is 29.6 Å². The van der Waals surface area contributed by atoms with E-state index in [1.165, 1.54) is 11.8 Å². The molecule has 0 aromatic carbocycles. The summed E-state index contributed by atoms with van der Waals surface area (Å²) >= 11 is 1.51. The van der Waals surface area contributed by atoms with Crippen LogP contribution in [0.3, 0.4) is 0 Å². The minimum Gasteiger partial charge on any atom is -0.480 e. The van der Waals surface area contributed by atoms with Crippen molar-refractivity contribution in [1.29, 1.82) is 0 Å². The molecule has 0 saturated carbocycles. The molecule has 1 saturated heterocycles. The summed E-state index contributed by atoms with van der Waals surface area (Å²) in [5.41, 5.74) is -0.683. The Hall–Kier alpha value is -1.24. The van der Waals surface area contributed by atoms with Crippen molar-refractivity contribution in [2.75, 3.05) is 5.75 Å². The maximum Gasteiger partial charge on any atom is 0.326 e. The summed E-state index contributed by atoms with van der Waals surface area (Å²) in [4.78, 5) is 35.1. The van der Waals surface area contributed by atoms with Crippen LogP contribution in [-0.2, 0) is 19.1 Å². The van der Waals surface area contributed by atoms with Crippen LogP contribution in [0.4, 0.5) is 0 Å². The number of nitrogens with one attached hydrogen (secondary N) is 1. The van der Waals surface area contributed by atoms with Crippen molar-refractivity contribution in [2.24, 2.45) is 0 Å². The molecule has 0 spiro atoms. The van der Waals surface area contributed by atoms with Gasteiger partial charge in [-0.1, -0.05) is 0 Å². The fraction of sp³-hybridized carbons (Fsp3) is 0.786. The SMILES string of the molecule is CC(C)(C)OC(=O)C[C@H](NC(=O)C1(C)CCCS1)C(=O)O. The zero-order chi connectivity index (χ0) is 16.3. The fourth-order valence-electron chi connectivity index (χ4n) is 2.02. The first-order valence-electron chi connectivity index (χ1n) is 6.93. The van der Waals surface area contributed by atoms with E-state index in [0.717, 1.165) is 12.2 Å². The number of carboxylic acid groups (broad SMARTS) is 1. The molecule has 21 heavy (non-hydrogen) atoms. The van der Waals surface area contributed by atoms with Crippen LogP contribution in [0.5, 0.6) is 0 Å². The third-order valence-corrected chi connectivity index (χ3v) is 4.61. The summed E-state index contributed by atoms with van der Waals surface area (Å²) in [6, 6.07) is -1.26. The molecule has 1 unspecified atom stereocenters. The Bertz CT molecular complexity index is 424. The van der Waals surface area contributed by atoms with E-state index in [9.17, 15) is 14.4 Å². The molecule has 1 fully saturated rings. The maximum atomic E-state index is 12.2. The van der Waals surface area contributed by atoms with Crippen molar-refractivity contribution in [3.63, 3.8) is 0 Å². The van der Waals surface area contributed by atoms with Gasteiger partial charge in [0, 0.05) is 0 Å². The van der Waals surface area contributed by atoms with Crippen LogP contribution >= 0.6 is 11.8 Å². The number of thioether (sulfide) groups is 1. The highest BCUT2D eigenvalue weighted by atomic mass is 32.2. The van der Waals surface area contributed by atoms with Crippen LogP contribution in [0.1, 0.15) is 47.0 Å². The summed E-state index contributed by atoms with van der Waals surface area (Å²) in [5, 5.41) is 11.6. The molecule has 0 radical (unpaired) electrons. The van der Waals surface area contributed by atoms with Gasteiger partial charge in [-0.15, -0.1) is 11.8 Å². The monoisotopic (exact) mass is 317 g/mol. The number of carbonyl (C=O) groups excluding carboxylic acids is 2. The lowest BCUT2D eigenvalue weighted by Gasteiger charge is -2.25. The molecule has 7 heteroatoms. The quantitative estimate of drug-likeness (QED) is 0.748. The van der Waals surface area contributed by atoms with Crippen LogP contribution in [0.25, 0.3) is 0 Å². The van der Waals surface area contributed by atoms with E-state index in [4.69, 9.17) is 9.84 Å².